The Bertz CT molecular complexity index is 1410. The van der Waals surface area contributed by atoms with Crippen LogP contribution in [0.1, 0.15) is 91.3 Å². The van der Waals surface area contributed by atoms with E-state index in [0.29, 0.717) is 22.6 Å². The van der Waals surface area contributed by atoms with Gasteiger partial charge in [-0.2, -0.15) is 18.3 Å². The fraction of sp³-hybridized carbons (Fsp3) is 0.593. The standard InChI is InChI=1S/C27H31F5N6O3/c1-14(27(30,31)32)9-22(39)35-23(16-3-4-16)18-10-21-34-20(12-38(21)33-11-18)24(17-5-7-26(28,29)8-6-17)36-25(40)19-13-41-37-15(19)2/h10-14,16-17,23-24H,3-9H2,1-2H3,(H,35,39)(H,36,40)/t14?,23?,24-/m0/s1. The van der Waals surface area contributed by atoms with Crippen molar-refractivity contribution in [2.24, 2.45) is 17.8 Å². The van der Waals surface area contributed by atoms with Crippen LogP contribution in [0.3, 0.4) is 0 Å². The molecule has 3 aromatic rings. The number of fused-ring (bicyclic) bond motifs is 1. The predicted octanol–water partition coefficient (Wildman–Crippen LogP) is 5.48. The van der Waals surface area contributed by atoms with E-state index in [1.165, 1.54) is 17.0 Å². The first kappa shape index (κ1) is 28.9. The van der Waals surface area contributed by atoms with E-state index in [-0.39, 0.29) is 43.1 Å². The third-order valence-electron chi connectivity index (χ3n) is 8.01. The van der Waals surface area contributed by atoms with Gasteiger partial charge in [-0.3, -0.25) is 9.59 Å². The van der Waals surface area contributed by atoms with Gasteiger partial charge in [-0.05, 0) is 56.1 Å². The molecular formula is C27H31F5N6O3. The lowest BCUT2D eigenvalue weighted by Gasteiger charge is -2.33. The third-order valence-corrected chi connectivity index (χ3v) is 8.01. The molecule has 41 heavy (non-hydrogen) atoms. The van der Waals surface area contributed by atoms with Crippen molar-refractivity contribution in [1.82, 2.24) is 30.4 Å². The number of imidazole rings is 1. The Morgan fingerprint density at radius 1 is 1.12 bits per heavy atom. The molecule has 3 atom stereocenters. The van der Waals surface area contributed by atoms with Crippen molar-refractivity contribution < 1.29 is 36.1 Å². The average Bonchev–Trinajstić information content (AvgIpc) is 3.50. The van der Waals surface area contributed by atoms with Crippen LogP contribution in [-0.4, -0.2) is 43.7 Å². The van der Waals surface area contributed by atoms with Gasteiger partial charge in [0.2, 0.25) is 11.8 Å². The summed E-state index contributed by atoms with van der Waals surface area (Å²) in [6, 6.07) is 0.486. The number of aryl methyl sites for hydroxylation is 1. The zero-order valence-corrected chi connectivity index (χ0v) is 22.5. The minimum atomic E-state index is -4.47. The van der Waals surface area contributed by atoms with Crippen molar-refractivity contribution in [2.75, 3.05) is 0 Å². The first-order valence-electron chi connectivity index (χ1n) is 13.6. The number of carbonyl (C=O) groups is 2. The summed E-state index contributed by atoms with van der Waals surface area (Å²) in [5, 5.41) is 13.8. The van der Waals surface area contributed by atoms with Crippen LogP contribution >= 0.6 is 0 Å². The summed E-state index contributed by atoms with van der Waals surface area (Å²) in [7, 11) is 0. The summed E-state index contributed by atoms with van der Waals surface area (Å²) in [6.07, 6.45) is 0.603. The molecular weight excluding hydrogens is 551 g/mol. The number of nitrogens with one attached hydrogen (secondary N) is 2. The van der Waals surface area contributed by atoms with Gasteiger partial charge in [0.15, 0.2) is 5.65 Å². The first-order valence-corrected chi connectivity index (χ1v) is 13.6. The molecule has 0 saturated heterocycles. The van der Waals surface area contributed by atoms with Crippen LogP contribution in [0, 0.1) is 24.7 Å². The van der Waals surface area contributed by atoms with Gasteiger partial charge < -0.3 is 15.2 Å². The molecule has 0 radical (unpaired) electrons. The summed E-state index contributed by atoms with van der Waals surface area (Å²) in [5.41, 5.74) is 2.03. The highest BCUT2D eigenvalue weighted by atomic mass is 19.4. The zero-order chi connectivity index (χ0) is 29.5. The molecule has 2 fully saturated rings. The van der Waals surface area contributed by atoms with Crippen LogP contribution in [-0.2, 0) is 4.79 Å². The lowest BCUT2D eigenvalue weighted by molar-refractivity contribution is -0.174. The highest BCUT2D eigenvalue weighted by Crippen LogP contribution is 2.43. The number of hydrogen-bond donors (Lipinski definition) is 2. The maximum atomic E-state index is 13.9. The number of alkyl halides is 5. The molecule has 2 N–H and O–H groups in total. The van der Waals surface area contributed by atoms with Gasteiger partial charge >= 0.3 is 6.18 Å². The van der Waals surface area contributed by atoms with Crippen LogP contribution in [0.2, 0.25) is 0 Å². The topological polar surface area (TPSA) is 114 Å². The van der Waals surface area contributed by atoms with Crippen LogP contribution in [0.5, 0.6) is 0 Å². The largest absolute Gasteiger partial charge is 0.392 e. The molecule has 2 saturated carbocycles. The number of halogens is 5. The van der Waals surface area contributed by atoms with Crippen molar-refractivity contribution in [2.45, 2.75) is 83.0 Å². The number of amides is 2. The molecule has 222 valence electrons. The third kappa shape index (κ3) is 6.67. The quantitative estimate of drug-likeness (QED) is 0.323. The zero-order valence-electron chi connectivity index (χ0n) is 22.5. The SMILES string of the molecule is Cc1nocc1C(=O)N[C@H](c1cn2ncc(C(NC(=O)CC(C)C(F)(F)F)C3CC3)cc2n1)C1CCC(F)(F)CC1. The van der Waals surface area contributed by atoms with Gasteiger partial charge in [-0.1, -0.05) is 12.1 Å². The van der Waals surface area contributed by atoms with Gasteiger partial charge in [-0.15, -0.1) is 0 Å². The Kier molecular flexibility index (Phi) is 7.77. The highest BCUT2D eigenvalue weighted by Gasteiger charge is 2.41. The number of rotatable bonds is 9. The van der Waals surface area contributed by atoms with Crippen molar-refractivity contribution in [3.63, 3.8) is 0 Å². The molecule has 0 aliphatic heterocycles. The summed E-state index contributed by atoms with van der Waals surface area (Å²) < 4.78 is 73.1. The molecule has 9 nitrogen and oxygen atoms in total. The van der Waals surface area contributed by atoms with Crippen LogP contribution in [0.4, 0.5) is 22.0 Å². The number of nitrogens with zero attached hydrogens (tertiary/aromatic N) is 4. The number of hydrogen-bond acceptors (Lipinski definition) is 6. The van der Waals surface area contributed by atoms with Crippen molar-refractivity contribution >= 4 is 17.5 Å². The van der Waals surface area contributed by atoms with Gasteiger partial charge in [-0.25, -0.2) is 18.3 Å². The fourth-order valence-corrected chi connectivity index (χ4v) is 5.32. The Labute approximate surface area is 232 Å². The number of aromatic nitrogens is 4. The average molecular weight is 583 g/mol. The summed E-state index contributed by atoms with van der Waals surface area (Å²) in [5.74, 6) is -5.94. The van der Waals surface area contributed by atoms with E-state index in [4.69, 9.17) is 4.52 Å². The van der Waals surface area contributed by atoms with Crippen molar-refractivity contribution in [3.05, 3.63) is 47.2 Å². The normalized spacial score (nSPS) is 20.0. The predicted molar refractivity (Wildman–Crippen MR) is 135 cm³/mol. The summed E-state index contributed by atoms with van der Waals surface area (Å²) in [6.45, 7) is 2.59. The van der Waals surface area contributed by atoms with E-state index in [1.54, 1.807) is 19.2 Å². The molecule has 5 rings (SSSR count). The van der Waals surface area contributed by atoms with Crippen molar-refractivity contribution in [3.8, 4) is 0 Å². The molecule has 0 bridgehead atoms. The highest BCUT2D eigenvalue weighted by molar-refractivity contribution is 5.95. The lowest BCUT2D eigenvalue weighted by atomic mass is 9.81. The van der Waals surface area contributed by atoms with Gasteiger partial charge in [0.1, 0.15) is 11.8 Å². The monoisotopic (exact) mass is 582 g/mol. The maximum Gasteiger partial charge on any atom is 0.392 e. The van der Waals surface area contributed by atoms with Crippen LogP contribution < -0.4 is 10.6 Å². The van der Waals surface area contributed by atoms with E-state index in [2.05, 4.69) is 25.9 Å². The van der Waals surface area contributed by atoms with Crippen molar-refractivity contribution in [1.29, 1.82) is 0 Å². The van der Waals surface area contributed by atoms with E-state index in [1.807, 2.05) is 0 Å². The molecule has 2 amide bonds. The van der Waals surface area contributed by atoms with E-state index in [9.17, 15) is 31.5 Å². The van der Waals surface area contributed by atoms with Gasteiger partial charge in [0.25, 0.3) is 5.91 Å². The Morgan fingerprint density at radius 2 is 1.80 bits per heavy atom. The minimum Gasteiger partial charge on any atom is -0.364 e. The summed E-state index contributed by atoms with van der Waals surface area (Å²) >= 11 is 0. The lowest BCUT2D eigenvalue weighted by Crippen LogP contribution is -2.37. The second-order valence-electron chi connectivity index (χ2n) is 11.2. The minimum absolute atomic E-state index is 0.0709. The second-order valence-corrected chi connectivity index (χ2v) is 11.2. The van der Waals surface area contributed by atoms with Crippen LogP contribution in [0.25, 0.3) is 5.65 Å². The molecule has 0 aromatic carbocycles. The maximum absolute atomic E-state index is 13.9. The molecule has 3 aromatic heterocycles. The molecule has 0 spiro atoms. The first-order chi connectivity index (χ1) is 19.3. The summed E-state index contributed by atoms with van der Waals surface area (Å²) in [4.78, 5) is 30.2. The number of carbonyl (C=O) groups excluding carboxylic acids is 2. The Balaban J connectivity index is 1.39. The molecule has 2 aliphatic carbocycles. The van der Waals surface area contributed by atoms with Gasteiger partial charge in [0, 0.05) is 19.3 Å². The molecule has 2 aliphatic rings. The smallest absolute Gasteiger partial charge is 0.364 e. The molecule has 3 heterocycles. The van der Waals surface area contributed by atoms with Gasteiger partial charge in [0.05, 0.1) is 41.8 Å². The van der Waals surface area contributed by atoms with E-state index >= 15 is 0 Å². The van der Waals surface area contributed by atoms with Crippen LogP contribution in [0.15, 0.2) is 29.2 Å². The fourth-order valence-electron chi connectivity index (χ4n) is 5.32. The molecule has 14 heteroatoms. The Morgan fingerprint density at radius 3 is 2.41 bits per heavy atom. The second kappa shape index (κ2) is 11.0. The molecule has 2 unspecified atom stereocenters. The van der Waals surface area contributed by atoms with E-state index < -0.39 is 48.3 Å². The Hall–Kier alpha value is -3.58. The van der Waals surface area contributed by atoms with E-state index in [0.717, 1.165) is 19.8 Å².